The Bertz CT molecular complexity index is 1110. The van der Waals surface area contributed by atoms with Crippen LogP contribution in [0.1, 0.15) is 22.5 Å². The van der Waals surface area contributed by atoms with E-state index in [2.05, 4.69) is 23.4 Å². The number of nitrogens with zero attached hydrogens (tertiary/aromatic N) is 2. The van der Waals surface area contributed by atoms with Crippen LogP contribution in [0.25, 0.3) is 17.4 Å². The third-order valence-electron chi connectivity index (χ3n) is 5.71. The summed E-state index contributed by atoms with van der Waals surface area (Å²) in [5.41, 5.74) is 1.51. The number of hydrogen-bond acceptors (Lipinski definition) is 6. The molecule has 4 rings (SSSR count). The number of thiocarbonyl (C=S) groups is 1. The van der Waals surface area contributed by atoms with E-state index in [1.54, 1.807) is 12.1 Å². The molecular weight excluding hydrogens is 454 g/mol. The molecule has 1 N–H and O–H groups in total. The summed E-state index contributed by atoms with van der Waals surface area (Å²) in [5, 5.41) is 2.58. The highest BCUT2D eigenvalue weighted by molar-refractivity contribution is 8.26. The molecule has 0 aliphatic carbocycles. The van der Waals surface area contributed by atoms with Crippen molar-refractivity contribution >= 4 is 46.2 Å². The highest BCUT2D eigenvalue weighted by Crippen LogP contribution is 2.29. The second kappa shape index (κ2) is 10.3. The molecule has 2 aliphatic heterocycles. The van der Waals surface area contributed by atoms with Crippen LogP contribution in [0.15, 0.2) is 71.0 Å². The fourth-order valence-electron chi connectivity index (χ4n) is 3.92. The van der Waals surface area contributed by atoms with E-state index in [9.17, 15) is 9.59 Å². The lowest BCUT2D eigenvalue weighted by molar-refractivity contribution is -0.115. The van der Waals surface area contributed by atoms with Gasteiger partial charge in [0, 0.05) is 49.4 Å². The van der Waals surface area contributed by atoms with Gasteiger partial charge in [-0.2, -0.15) is 0 Å². The van der Waals surface area contributed by atoms with Crippen molar-refractivity contribution in [2.45, 2.75) is 12.5 Å². The number of benzene rings is 1. The van der Waals surface area contributed by atoms with E-state index in [4.69, 9.17) is 16.6 Å². The lowest BCUT2D eigenvalue weighted by Crippen LogP contribution is -2.51. The molecule has 33 heavy (non-hydrogen) atoms. The molecule has 2 amide bonds. The molecule has 2 fully saturated rings. The number of carbonyl (C=O) groups excluding carboxylic acids is 2. The molecule has 0 spiro atoms. The average molecular weight is 480 g/mol. The summed E-state index contributed by atoms with van der Waals surface area (Å²) in [7, 11) is 0. The SMILES string of the molecule is C=CCC(C=C)N1CCN(C(=O)c2ccc(-c3ccc(/C=C4\SC(=S)NC4=O)o3)cc2)CC1. The first kappa shape index (κ1) is 23.2. The minimum absolute atomic E-state index is 0.0326. The van der Waals surface area contributed by atoms with Crippen molar-refractivity contribution in [2.24, 2.45) is 0 Å². The number of amides is 2. The van der Waals surface area contributed by atoms with Crippen molar-refractivity contribution in [1.29, 1.82) is 0 Å². The lowest BCUT2D eigenvalue weighted by Gasteiger charge is -2.38. The molecule has 0 radical (unpaired) electrons. The summed E-state index contributed by atoms with van der Waals surface area (Å²) in [4.78, 5) is 29.5. The number of hydrogen-bond donors (Lipinski definition) is 1. The van der Waals surface area contributed by atoms with Crippen LogP contribution in [0.2, 0.25) is 0 Å². The highest BCUT2D eigenvalue weighted by atomic mass is 32.2. The van der Waals surface area contributed by atoms with Crippen LogP contribution in [-0.4, -0.2) is 58.2 Å². The maximum absolute atomic E-state index is 13.0. The van der Waals surface area contributed by atoms with Crippen LogP contribution in [0.4, 0.5) is 0 Å². The van der Waals surface area contributed by atoms with Gasteiger partial charge in [-0.3, -0.25) is 14.5 Å². The first-order valence-electron chi connectivity index (χ1n) is 10.7. The zero-order valence-electron chi connectivity index (χ0n) is 18.2. The highest BCUT2D eigenvalue weighted by Gasteiger charge is 2.25. The Kier molecular flexibility index (Phi) is 7.27. The van der Waals surface area contributed by atoms with E-state index in [0.29, 0.717) is 39.4 Å². The zero-order valence-corrected chi connectivity index (χ0v) is 19.8. The molecule has 2 aromatic rings. The molecular formula is C25H25N3O3S2. The standard InChI is InChI=1S/C25H25N3O3S2/c1-3-5-19(4-2)27-12-14-28(15-13-27)24(30)18-8-6-17(7-9-18)21-11-10-20(31-21)16-22-23(29)26-25(32)33-22/h3-4,6-11,16,19H,1-2,5,12-15H2,(H,26,29,32)/b22-16-. The molecule has 0 bridgehead atoms. The third-order valence-corrected chi connectivity index (χ3v) is 6.87. The van der Waals surface area contributed by atoms with Crippen molar-refractivity contribution < 1.29 is 14.0 Å². The smallest absolute Gasteiger partial charge is 0.263 e. The predicted molar refractivity (Wildman–Crippen MR) is 137 cm³/mol. The molecule has 2 saturated heterocycles. The van der Waals surface area contributed by atoms with Gasteiger partial charge in [-0.05, 0) is 30.7 Å². The topological polar surface area (TPSA) is 65.8 Å². The van der Waals surface area contributed by atoms with E-state index < -0.39 is 0 Å². The summed E-state index contributed by atoms with van der Waals surface area (Å²) < 4.78 is 6.31. The Hall–Kier alpha value is -2.94. The van der Waals surface area contributed by atoms with E-state index in [1.165, 1.54) is 11.8 Å². The maximum Gasteiger partial charge on any atom is 0.263 e. The number of thioether (sulfide) groups is 1. The van der Waals surface area contributed by atoms with Gasteiger partial charge in [0.05, 0.1) is 4.91 Å². The molecule has 170 valence electrons. The van der Waals surface area contributed by atoms with E-state index in [0.717, 1.165) is 25.1 Å². The van der Waals surface area contributed by atoms with Gasteiger partial charge in [0.25, 0.3) is 11.8 Å². The molecule has 1 aromatic heterocycles. The lowest BCUT2D eigenvalue weighted by atomic mass is 10.1. The van der Waals surface area contributed by atoms with Crippen LogP contribution in [0, 0.1) is 0 Å². The Labute approximate surface area is 203 Å². The summed E-state index contributed by atoms with van der Waals surface area (Å²) in [6.45, 7) is 10.7. The van der Waals surface area contributed by atoms with Crippen LogP contribution in [0.3, 0.4) is 0 Å². The van der Waals surface area contributed by atoms with Gasteiger partial charge < -0.3 is 14.6 Å². The van der Waals surface area contributed by atoms with Crippen LogP contribution in [0.5, 0.6) is 0 Å². The van der Waals surface area contributed by atoms with Crippen molar-refractivity contribution in [2.75, 3.05) is 26.2 Å². The van der Waals surface area contributed by atoms with Gasteiger partial charge in [0.2, 0.25) is 0 Å². The normalized spacial score (nSPS) is 18.9. The van der Waals surface area contributed by atoms with Crippen LogP contribution < -0.4 is 5.32 Å². The molecule has 1 aromatic carbocycles. The zero-order chi connectivity index (χ0) is 23.4. The van der Waals surface area contributed by atoms with Crippen molar-refractivity contribution in [3.63, 3.8) is 0 Å². The third kappa shape index (κ3) is 5.35. The fraction of sp³-hybridized carbons (Fsp3) is 0.240. The number of carbonyl (C=O) groups is 2. The monoisotopic (exact) mass is 479 g/mol. The van der Waals surface area contributed by atoms with Gasteiger partial charge in [0.1, 0.15) is 15.8 Å². The molecule has 2 aliphatic rings. The maximum atomic E-state index is 13.0. The average Bonchev–Trinajstić information content (AvgIpc) is 3.43. The minimum atomic E-state index is -0.215. The van der Waals surface area contributed by atoms with Gasteiger partial charge in [-0.25, -0.2) is 0 Å². The summed E-state index contributed by atoms with van der Waals surface area (Å²) in [6, 6.07) is 11.3. The fourth-order valence-corrected chi connectivity index (χ4v) is 4.94. The number of rotatable bonds is 7. The number of nitrogens with one attached hydrogen (secondary N) is 1. The molecule has 1 unspecified atom stereocenters. The van der Waals surface area contributed by atoms with Crippen molar-refractivity contribution in [3.05, 3.63) is 77.9 Å². The largest absolute Gasteiger partial charge is 0.457 e. The molecule has 3 heterocycles. The number of piperazine rings is 1. The van der Waals surface area contributed by atoms with Crippen LogP contribution in [-0.2, 0) is 4.79 Å². The summed E-state index contributed by atoms with van der Waals surface area (Å²) in [6.07, 6.45) is 6.39. The minimum Gasteiger partial charge on any atom is -0.457 e. The van der Waals surface area contributed by atoms with Crippen LogP contribution >= 0.6 is 24.0 Å². The summed E-state index contributed by atoms with van der Waals surface area (Å²) >= 11 is 6.22. The second-order valence-electron chi connectivity index (χ2n) is 7.79. The Morgan fingerprint density at radius 3 is 2.48 bits per heavy atom. The van der Waals surface area contributed by atoms with Gasteiger partial charge >= 0.3 is 0 Å². The van der Waals surface area contributed by atoms with E-state index in [1.807, 2.05) is 47.4 Å². The van der Waals surface area contributed by atoms with Gasteiger partial charge in [0.15, 0.2) is 0 Å². The quantitative estimate of drug-likeness (QED) is 0.362. The Morgan fingerprint density at radius 1 is 1.15 bits per heavy atom. The first-order valence-corrected chi connectivity index (χ1v) is 11.9. The van der Waals surface area contributed by atoms with E-state index in [-0.39, 0.29) is 17.9 Å². The van der Waals surface area contributed by atoms with Gasteiger partial charge in [-0.1, -0.05) is 48.3 Å². The second-order valence-corrected chi connectivity index (χ2v) is 9.51. The van der Waals surface area contributed by atoms with Crippen molar-refractivity contribution in [1.82, 2.24) is 15.1 Å². The Morgan fingerprint density at radius 2 is 1.88 bits per heavy atom. The molecule has 6 nitrogen and oxygen atoms in total. The summed E-state index contributed by atoms with van der Waals surface area (Å²) in [5.74, 6) is 1.05. The number of furan rings is 1. The molecule has 1 atom stereocenters. The Balaban J connectivity index is 1.38. The molecule has 0 saturated carbocycles. The molecule has 8 heteroatoms. The van der Waals surface area contributed by atoms with Crippen molar-refractivity contribution in [3.8, 4) is 11.3 Å². The van der Waals surface area contributed by atoms with Gasteiger partial charge in [-0.15, -0.1) is 13.2 Å². The van der Waals surface area contributed by atoms with E-state index >= 15 is 0 Å². The first-order chi connectivity index (χ1) is 16.0. The predicted octanol–water partition coefficient (Wildman–Crippen LogP) is 4.32.